The minimum atomic E-state index is 0.741. The molecule has 0 unspecified atom stereocenters. The van der Waals surface area contributed by atoms with Crippen molar-refractivity contribution in [2.75, 3.05) is 0 Å². The van der Waals surface area contributed by atoms with Crippen molar-refractivity contribution in [2.45, 2.75) is 84.5 Å². The fraction of sp³-hybridized carbons (Fsp3) is 1.00. The van der Waals surface area contributed by atoms with Gasteiger partial charge in [0.1, 0.15) is 0 Å². The maximum Gasteiger partial charge on any atom is -0.0266 e. The fourth-order valence-electron chi connectivity index (χ4n) is 7.29. The van der Waals surface area contributed by atoms with Gasteiger partial charge in [-0.2, -0.15) is 0 Å². The van der Waals surface area contributed by atoms with E-state index in [-0.39, 0.29) is 0 Å². The lowest BCUT2D eigenvalue weighted by Crippen LogP contribution is -2.51. The van der Waals surface area contributed by atoms with E-state index in [1.54, 1.807) is 51.4 Å². The Morgan fingerprint density at radius 2 is 1.58 bits per heavy atom. The summed E-state index contributed by atoms with van der Waals surface area (Å²) in [7, 11) is 0. The molecule has 0 radical (unpaired) electrons. The molecule has 4 fully saturated rings. The molecule has 0 aliphatic heterocycles. The van der Waals surface area contributed by atoms with Gasteiger partial charge in [-0.25, -0.2) is 0 Å². The first kappa shape index (κ1) is 12.7. The van der Waals surface area contributed by atoms with Crippen LogP contribution in [0.15, 0.2) is 0 Å². The van der Waals surface area contributed by atoms with Gasteiger partial charge in [0, 0.05) is 0 Å². The Morgan fingerprint density at radius 1 is 0.684 bits per heavy atom. The maximum absolute atomic E-state index is 2.70. The lowest BCUT2D eigenvalue weighted by Gasteiger charge is -2.60. The van der Waals surface area contributed by atoms with E-state index in [4.69, 9.17) is 0 Å². The normalized spacial score (nSPS) is 57.2. The van der Waals surface area contributed by atoms with Crippen molar-refractivity contribution < 1.29 is 0 Å². The van der Waals surface area contributed by atoms with Crippen LogP contribution in [0.25, 0.3) is 0 Å². The Bertz CT molecular complexity index is 359. The molecule has 4 rings (SSSR count). The van der Waals surface area contributed by atoms with Gasteiger partial charge >= 0.3 is 0 Å². The molecule has 0 aromatic rings. The van der Waals surface area contributed by atoms with Crippen molar-refractivity contribution in [1.82, 2.24) is 0 Å². The fourth-order valence-corrected chi connectivity index (χ4v) is 7.29. The molecule has 4 saturated carbocycles. The Kier molecular flexibility index (Phi) is 2.84. The molecule has 0 nitrogen and oxygen atoms in total. The predicted molar refractivity (Wildman–Crippen MR) is 81.0 cm³/mol. The summed E-state index contributed by atoms with van der Waals surface area (Å²) in [6.45, 7) is 5.33. The van der Waals surface area contributed by atoms with Crippen LogP contribution in [0, 0.1) is 34.5 Å². The van der Waals surface area contributed by atoms with Gasteiger partial charge in [0.25, 0.3) is 0 Å². The molecule has 0 aromatic carbocycles. The van der Waals surface area contributed by atoms with Crippen molar-refractivity contribution in [3.63, 3.8) is 0 Å². The summed E-state index contributed by atoms with van der Waals surface area (Å²) < 4.78 is 0. The van der Waals surface area contributed by atoms with Crippen molar-refractivity contribution in [2.24, 2.45) is 34.5 Å². The molecule has 4 aliphatic rings. The highest BCUT2D eigenvalue weighted by Gasteiger charge is 2.56. The van der Waals surface area contributed by atoms with Crippen molar-refractivity contribution in [1.29, 1.82) is 0 Å². The van der Waals surface area contributed by atoms with E-state index in [2.05, 4.69) is 13.8 Å². The monoisotopic (exact) mass is 260 g/mol. The molecule has 0 amide bonds. The third-order valence-corrected chi connectivity index (χ3v) is 8.36. The third-order valence-electron chi connectivity index (χ3n) is 8.36. The van der Waals surface area contributed by atoms with Crippen LogP contribution in [0.3, 0.4) is 0 Å². The number of hydrogen-bond acceptors (Lipinski definition) is 0. The van der Waals surface area contributed by atoms with Crippen molar-refractivity contribution in [3.8, 4) is 0 Å². The molecule has 0 bridgehead atoms. The average Bonchev–Trinajstić information content (AvgIpc) is 2.79. The molecule has 0 saturated heterocycles. The predicted octanol–water partition coefficient (Wildman–Crippen LogP) is 5.81. The van der Waals surface area contributed by atoms with Crippen LogP contribution < -0.4 is 0 Å². The second-order valence-corrected chi connectivity index (χ2v) is 8.99. The molecule has 0 heteroatoms. The first-order valence-corrected chi connectivity index (χ1v) is 9.13. The van der Waals surface area contributed by atoms with Crippen molar-refractivity contribution >= 4 is 0 Å². The molecule has 0 spiro atoms. The Balaban J connectivity index is 1.64. The topological polar surface area (TPSA) is 0 Å². The second kappa shape index (κ2) is 4.25. The summed E-state index contributed by atoms with van der Waals surface area (Å²) in [6, 6.07) is 0. The van der Waals surface area contributed by atoms with Crippen LogP contribution in [-0.2, 0) is 0 Å². The van der Waals surface area contributed by atoms with Gasteiger partial charge in [-0.05, 0) is 85.9 Å². The summed E-state index contributed by atoms with van der Waals surface area (Å²) in [5.74, 6) is 4.41. The lowest BCUT2D eigenvalue weighted by atomic mass is 9.45. The maximum atomic E-state index is 2.70. The third kappa shape index (κ3) is 1.70. The largest absolute Gasteiger partial charge is 0.0594 e. The zero-order valence-corrected chi connectivity index (χ0v) is 13.1. The van der Waals surface area contributed by atoms with E-state index in [1.165, 1.54) is 19.3 Å². The minimum Gasteiger partial charge on any atom is -0.0594 e. The van der Waals surface area contributed by atoms with Gasteiger partial charge in [-0.3, -0.25) is 0 Å². The highest BCUT2D eigenvalue weighted by atomic mass is 14.6. The highest BCUT2D eigenvalue weighted by Crippen LogP contribution is 2.66. The zero-order chi connectivity index (χ0) is 13.1. The Morgan fingerprint density at radius 3 is 2.47 bits per heavy atom. The van der Waals surface area contributed by atoms with Gasteiger partial charge in [0.05, 0.1) is 0 Å². The Hall–Kier alpha value is 0. The van der Waals surface area contributed by atoms with E-state index in [1.807, 2.05) is 0 Å². The van der Waals surface area contributed by atoms with E-state index < -0.39 is 0 Å². The molecule has 0 N–H and O–H groups in total. The van der Waals surface area contributed by atoms with Crippen LogP contribution in [0.1, 0.15) is 84.5 Å². The zero-order valence-electron chi connectivity index (χ0n) is 13.1. The van der Waals surface area contributed by atoms with Gasteiger partial charge < -0.3 is 0 Å². The second-order valence-electron chi connectivity index (χ2n) is 8.99. The summed E-state index contributed by atoms with van der Waals surface area (Å²) in [4.78, 5) is 0. The van der Waals surface area contributed by atoms with E-state index in [0.29, 0.717) is 0 Å². The van der Waals surface area contributed by atoms with Crippen LogP contribution in [0.4, 0.5) is 0 Å². The van der Waals surface area contributed by atoms with Crippen LogP contribution >= 0.6 is 0 Å². The van der Waals surface area contributed by atoms with Gasteiger partial charge in [0.15, 0.2) is 0 Å². The number of fused-ring (bicyclic) bond motifs is 5. The minimum absolute atomic E-state index is 0.741. The molecule has 6 atom stereocenters. The summed E-state index contributed by atoms with van der Waals surface area (Å²) >= 11 is 0. The highest BCUT2D eigenvalue weighted by molar-refractivity contribution is 5.06. The summed E-state index contributed by atoms with van der Waals surface area (Å²) in [5.41, 5.74) is 1.49. The molecule has 4 aliphatic carbocycles. The van der Waals surface area contributed by atoms with Crippen LogP contribution in [-0.4, -0.2) is 0 Å². The molecule has 0 heterocycles. The quantitative estimate of drug-likeness (QED) is 0.515. The molecular formula is C19H32. The SMILES string of the molecule is C[C@]12CCC[C@H]1[C@@H]1CC[C@H]3CCCC[C@]3(C)[C@H]1CC2. The molecule has 108 valence electrons. The smallest absolute Gasteiger partial charge is 0.0266 e. The number of rotatable bonds is 0. The molecule has 0 aromatic heterocycles. The molecule has 19 heavy (non-hydrogen) atoms. The van der Waals surface area contributed by atoms with Crippen LogP contribution in [0.2, 0.25) is 0 Å². The molecular weight excluding hydrogens is 228 g/mol. The summed E-state index contributed by atoms with van der Waals surface area (Å²) in [6.07, 6.45) is 17.1. The van der Waals surface area contributed by atoms with Crippen LogP contribution in [0.5, 0.6) is 0 Å². The lowest BCUT2D eigenvalue weighted by molar-refractivity contribution is -0.103. The van der Waals surface area contributed by atoms with Gasteiger partial charge in [-0.1, -0.05) is 33.1 Å². The van der Waals surface area contributed by atoms with E-state index in [9.17, 15) is 0 Å². The first-order chi connectivity index (χ1) is 9.13. The van der Waals surface area contributed by atoms with Gasteiger partial charge in [-0.15, -0.1) is 0 Å². The van der Waals surface area contributed by atoms with E-state index >= 15 is 0 Å². The standard InChI is InChI=1S/C19H32/c1-18-11-5-7-16(18)15-9-8-14-6-3-4-12-19(14,2)17(15)10-13-18/h14-17H,3-13H2,1-2H3/t14-,15+,16+,17+,18-,19+/m1/s1. The number of hydrogen-bond donors (Lipinski definition) is 0. The summed E-state index contributed by atoms with van der Waals surface area (Å²) in [5, 5.41) is 0. The Labute approximate surface area is 119 Å². The first-order valence-electron chi connectivity index (χ1n) is 9.13. The van der Waals surface area contributed by atoms with Gasteiger partial charge in [0.2, 0.25) is 0 Å². The average molecular weight is 260 g/mol. The van der Waals surface area contributed by atoms with Crippen molar-refractivity contribution in [3.05, 3.63) is 0 Å². The van der Waals surface area contributed by atoms with E-state index in [0.717, 1.165) is 34.5 Å².